The van der Waals surface area contributed by atoms with Crippen molar-refractivity contribution in [2.24, 2.45) is 5.92 Å². The second-order valence-electron chi connectivity index (χ2n) is 6.78. The smallest absolute Gasteiger partial charge is 0.352 e. The number of benzene rings is 1. The lowest BCUT2D eigenvalue weighted by Gasteiger charge is -2.21. The summed E-state index contributed by atoms with van der Waals surface area (Å²) >= 11 is 0. The molecule has 1 saturated carbocycles. The molecule has 1 N–H and O–H groups in total. The van der Waals surface area contributed by atoms with Crippen LogP contribution in [0, 0.1) is 16.0 Å². The summed E-state index contributed by atoms with van der Waals surface area (Å²) in [6.07, 6.45) is 0.969. The molecule has 0 saturated heterocycles. The lowest BCUT2D eigenvalue weighted by Crippen LogP contribution is -2.31. The number of hydrogen-bond donors (Lipinski definition) is 1. The monoisotopic (exact) mass is 396 g/mol. The van der Waals surface area contributed by atoms with Gasteiger partial charge in [-0.15, -0.1) is 0 Å². The Morgan fingerprint density at radius 2 is 1.93 bits per heavy atom. The molecule has 28 heavy (non-hydrogen) atoms. The van der Waals surface area contributed by atoms with Crippen LogP contribution in [0.2, 0.25) is 0 Å². The van der Waals surface area contributed by atoms with E-state index in [0.717, 1.165) is 50.4 Å². The van der Waals surface area contributed by atoms with Gasteiger partial charge in [-0.25, -0.2) is 4.68 Å². The summed E-state index contributed by atoms with van der Waals surface area (Å²) < 4.78 is 41.5. The maximum atomic E-state index is 13.7. The molecule has 0 radical (unpaired) electrons. The fourth-order valence-corrected chi connectivity index (χ4v) is 3.49. The number of alkyl halides is 3. The highest BCUT2D eigenvalue weighted by molar-refractivity contribution is 5.95. The highest BCUT2D eigenvalue weighted by Gasteiger charge is 2.41. The topological polar surface area (TPSA) is 90.1 Å². The van der Waals surface area contributed by atoms with E-state index < -0.39 is 34.0 Å². The molecule has 0 aliphatic heterocycles. The number of nitro groups is 1. The third kappa shape index (κ3) is 4.15. The first-order valence-corrected chi connectivity index (χ1v) is 8.96. The molecule has 0 atom stereocenters. The van der Waals surface area contributed by atoms with Crippen LogP contribution in [0.25, 0.3) is 5.69 Å². The molecule has 1 aromatic heterocycles. The number of halogens is 3. The minimum absolute atomic E-state index is 0.247. The number of nitro benzene ring substituents is 1. The minimum Gasteiger partial charge on any atom is -0.352 e. The summed E-state index contributed by atoms with van der Waals surface area (Å²) in [6, 6.07) is 4.95. The van der Waals surface area contributed by atoms with Gasteiger partial charge in [0.25, 0.3) is 11.6 Å². The van der Waals surface area contributed by atoms with Crippen LogP contribution in [-0.4, -0.2) is 27.2 Å². The Morgan fingerprint density at radius 1 is 1.25 bits per heavy atom. The molecule has 10 heteroatoms. The average molecular weight is 396 g/mol. The van der Waals surface area contributed by atoms with Gasteiger partial charge >= 0.3 is 6.18 Å². The molecule has 1 aliphatic carbocycles. The molecule has 1 amide bonds. The fraction of sp³-hybridized carbons (Fsp3) is 0.444. The van der Waals surface area contributed by atoms with Crippen molar-refractivity contribution in [1.82, 2.24) is 15.1 Å². The van der Waals surface area contributed by atoms with Gasteiger partial charge in [0.05, 0.1) is 16.7 Å². The number of nitrogens with one attached hydrogen (secondary N) is 1. The Bertz CT molecular complexity index is 873. The molecule has 150 valence electrons. The van der Waals surface area contributed by atoms with Crippen molar-refractivity contribution < 1.29 is 22.9 Å². The molecular weight excluding hydrogens is 377 g/mol. The number of nitrogens with zero attached hydrogens (tertiary/aromatic N) is 3. The second kappa shape index (κ2) is 7.99. The molecule has 3 rings (SSSR count). The van der Waals surface area contributed by atoms with Crippen molar-refractivity contribution in [1.29, 1.82) is 0 Å². The normalized spacial score (nSPS) is 15.4. The molecule has 7 nitrogen and oxygen atoms in total. The van der Waals surface area contributed by atoms with E-state index in [2.05, 4.69) is 10.4 Å². The van der Waals surface area contributed by atoms with E-state index in [-0.39, 0.29) is 11.6 Å². The van der Waals surface area contributed by atoms with E-state index in [1.54, 1.807) is 0 Å². The van der Waals surface area contributed by atoms with Crippen LogP contribution in [0.15, 0.2) is 30.5 Å². The molecule has 1 aliphatic rings. The summed E-state index contributed by atoms with van der Waals surface area (Å²) in [7, 11) is 0. The number of carbonyl (C=O) groups is 1. The van der Waals surface area contributed by atoms with Gasteiger partial charge in [0.1, 0.15) is 5.69 Å². The van der Waals surface area contributed by atoms with E-state index >= 15 is 0 Å². The molecule has 1 fully saturated rings. The summed E-state index contributed by atoms with van der Waals surface area (Å²) in [5.41, 5.74) is -2.87. The van der Waals surface area contributed by atoms with Crippen molar-refractivity contribution >= 4 is 11.6 Å². The van der Waals surface area contributed by atoms with Crippen molar-refractivity contribution in [3.8, 4) is 5.69 Å². The van der Waals surface area contributed by atoms with E-state index in [1.807, 2.05) is 0 Å². The van der Waals surface area contributed by atoms with E-state index in [4.69, 9.17) is 0 Å². The summed E-state index contributed by atoms with van der Waals surface area (Å²) in [6.45, 7) is 0.298. The Kier molecular flexibility index (Phi) is 5.66. The van der Waals surface area contributed by atoms with Gasteiger partial charge in [-0.3, -0.25) is 14.9 Å². The zero-order valence-corrected chi connectivity index (χ0v) is 14.9. The molecule has 1 heterocycles. The number of para-hydroxylation sites is 2. The summed E-state index contributed by atoms with van der Waals surface area (Å²) in [5.74, 6) is -0.639. The van der Waals surface area contributed by atoms with Gasteiger partial charge in [-0.05, 0) is 24.8 Å². The highest BCUT2D eigenvalue weighted by atomic mass is 19.4. The SMILES string of the molecule is O=C(NCC1CCCCC1)c1cnn(-c2ccccc2[N+](=O)[O-])c1C(F)(F)F. The number of carbonyl (C=O) groups excluding carboxylic acids is 1. The van der Waals surface area contributed by atoms with Crippen molar-refractivity contribution in [2.75, 3.05) is 6.54 Å². The summed E-state index contributed by atoms with van der Waals surface area (Å²) in [4.78, 5) is 22.8. The summed E-state index contributed by atoms with van der Waals surface area (Å²) in [5, 5.41) is 17.4. The first-order chi connectivity index (χ1) is 13.3. The number of hydrogen-bond acceptors (Lipinski definition) is 4. The second-order valence-corrected chi connectivity index (χ2v) is 6.78. The quantitative estimate of drug-likeness (QED) is 0.608. The standard InChI is InChI=1S/C18H19F3N4O3/c19-18(20,21)16-13(17(26)22-10-12-6-2-1-3-7-12)11-23-24(16)14-8-4-5-9-15(14)25(27)28/h4-5,8-9,11-12H,1-3,6-7,10H2,(H,22,26). The van der Waals surface area contributed by atoms with Gasteiger partial charge in [-0.1, -0.05) is 31.4 Å². The highest BCUT2D eigenvalue weighted by Crippen LogP contribution is 2.35. The third-order valence-corrected chi connectivity index (χ3v) is 4.87. The molecular formula is C18H19F3N4O3. The minimum atomic E-state index is -4.92. The van der Waals surface area contributed by atoms with Crippen LogP contribution in [0.1, 0.15) is 48.2 Å². The van der Waals surface area contributed by atoms with Crippen LogP contribution >= 0.6 is 0 Å². The fourth-order valence-electron chi connectivity index (χ4n) is 3.49. The molecule has 2 aromatic rings. The lowest BCUT2D eigenvalue weighted by atomic mass is 9.89. The molecule has 0 bridgehead atoms. The Balaban J connectivity index is 1.93. The van der Waals surface area contributed by atoms with Crippen molar-refractivity contribution in [3.05, 3.63) is 51.8 Å². The van der Waals surface area contributed by atoms with Crippen LogP contribution < -0.4 is 5.32 Å². The van der Waals surface area contributed by atoms with Crippen LogP contribution in [-0.2, 0) is 6.18 Å². The predicted octanol–water partition coefficient (Wildman–Crippen LogP) is 4.11. The molecule has 0 unspecified atom stereocenters. The molecule has 0 spiro atoms. The Morgan fingerprint density at radius 3 is 2.57 bits per heavy atom. The first kappa shape index (κ1) is 19.8. The van der Waals surface area contributed by atoms with Crippen LogP contribution in [0.3, 0.4) is 0 Å². The van der Waals surface area contributed by atoms with Gasteiger partial charge in [0.15, 0.2) is 5.69 Å². The first-order valence-electron chi connectivity index (χ1n) is 8.96. The van der Waals surface area contributed by atoms with Gasteiger partial charge in [0, 0.05) is 12.6 Å². The largest absolute Gasteiger partial charge is 0.434 e. The number of amides is 1. The molecule has 1 aromatic carbocycles. The zero-order chi connectivity index (χ0) is 20.3. The Labute approximate surface area is 158 Å². The maximum absolute atomic E-state index is 13.7. The zero-order valence-electron chi connectivity index (χ0n) is 14.9. The van der Waals surface area contributed by atoms with Crippen LogP contribution in [0.5, 0.6) is 0 Å². The predicted molar refractivity (Wildman–Crippen MR) is 94.1 cm³/mol. The maximum Gasteiger partial charge on any atom is 0.434 e. The van der Waals surface area contributed by atoms with Crippen molar-refractivity contribution in [2.45, 2.75) is 38.3 Å². The van der Waals surface area contributed by atoms with E-state index in [9.17, 15) is 28.1 Å². The van der Waals surface area contributed by atoms with Crippen LogP contribution in [0.4, 0.5) is 18.9 Å². The third-order valence-electron chi connectivity index (χ3n) is 4.87. The van der Waals surface area contributed by atoms with Gasteiger partial charge < -0.3 is 5.32 Å². The van der Waals surface area contributed by atoms with Gasteiger partial charge in [-0.2, -0.15) is 18.3 Å². The number of rotatable bonds is 5. The van der Waals surface area contributed by atoms with E-state index in [0.29, 0.717) is 11.2 Å². The van der Waals surface area contributed by atoms with E-state index in [1.165, 1.54) is 12.1 Å². The lowest BCUT2D eigenvalue weighted by molar-refractivity contribution is -0.384. The Hall–Kier alpha value is -2.91. The number of aromatic nitrogens is 2. The van der Waals surface area contributed by atoms with Gasteiger partial charge in [0.2, 0.25) is 0 Å². The van der Waals surface area contributed by atoms with Crippen molar-refractivity contribution in [3.63, 3.8) is 0 Å². The average Bonchev–Trinajstić information content (AvgIpc) is 3.12.